The van der Waals surface area contributed by atoms with Crippen molar-refractivity contribution in [1.82, 2.24) is 16.0 Å². The molecule has 6 nitrogen and oxygen atoms in total. The summed E-state index contributed by atoms with van der Waals surface area (Å²) in [5.41, 5.74) is 0. The van der Waals surface area contributed by atoms with Gasteiger partial charge < -0.3 is 20.4 Å². The Morgan fingerprint density at radius 2 is 2.15 bits per heavy atom. The van der Waals surface area contributed by atoms with Gasteiger partial charge in [-0.15, -0.1) is 24.0 Å². The lowest BCUT2D eigenvalue weighted by atomic mass is 10.4. The quantitative estimate of drug-likeness (QED) is 0.296. The van der Waals surface area contributed by atoms with Crippen LogP contribution in [-0.2, 0) is 0 Å². The van der Waals surface area contributed by atoms with Gasteiger partial charge in [0.2, 0.25) is 0 Å². The van der Waals surface area contributed by atoms with Gasteiger partial charge in [-0.2, -0.15) is 0 Å². The molecule has 0 bridgehead atoms. The van der Waals surface area contributed by atoms with E-state index in [-0.39, 0.29) is 29.9 Å². The number of halogens is 1. The average molecular weight is 394 g/mol. The first kappa shape index (κ1) is 18.8. The largest absolute Gasteiger partial charge is 0.459 e. The van der Waals surface area contributed by atoms with Crippen LogP contribution in [0.3, 0.4) is 0 Å². The van der Waals surface area contributed by atoms with Crippen LogP contribution in [-0.4, -0.2) is 37.5 Å². The molecule has 0 atom stereocenters. The van der Waals surface area contributed by atoms with Gasteiger partial charge in [0.05, 0.1) is 12.8 Å². The van der Waals surface area contributed by atoms with E-state index in [1.165, 1.54) is 6.26 Å². The molecular weight excluding hydrogens is 371 g/mol. The number of nitrogens with one attached hydrogen (secondary N) is 3. The molecule has 7 heteroatoms. The summed E-state index contributed by atoms with van der Waals surface area (Å²) in [5, 5.41) is 9.08. The van der Waals surface area contributed by atoms with E-state index in [1.54, 1.807) is 12.1 Å². The van der Waals surface area contributed by atoms with Crippen LogP contribution in [0.4, 0.5) is 0 Å². The highest BCUT2D eigenvalue weighted by molar-refractivity contribution is 14.0. The fourth-order valence-electron chi connectivity index (χ4n) is 1.43. The second-order valence-electron chi connectivity index (χ2n) is 4.29. The van der Waals surface area contributed by atoms with Crippen molar-refractivity contribution in [2.24, 2.45) is 4.99 Å². The van der Waals surface area contributed by atoms with Crippen LogP contribution < -0.4 is 16.0 Å². The Bertz CT molecular complexity index is 405. The Hall–Kier alpha value is -1.25. The molecule has 0 saturated heterocycles. The van der Waals surface area contributed by atoms with Crippen molar-refractivity contribution in [3.8, 4) is 0 Å². The van der Waals surface area contributed by atoms with Gasteiger partial charge in [-0.1, -0.05) is 0 Å². The van der Waals surface area contributed by atoms with Gasteiger partial charge in [-0.05, 0) is 32.9 Å². The Morgan fingerprint density at radius 1 is 1.40 bits per heavy atom. The number of furan rings is 1. The van der Waals surface area contributed by atoms with Crippen LogP contribution in [0.1, 0.15) is 31.3 Å². The van der Waals surface area contributed by atoms with Gasteiger partial charge in [0.25, 0.3) is 5.91 Å². The predicted octanol–water partition coefficient (Wildman–Crippen LogP) is 1.59. The minimum atomic E-state index is -0.220. The number of hydrogen-bond donors (Lipinski definition) is 3. The van der Waals surface area contributed by atoms with Crippen molar-refractivity contribution >= 4 is 35.8 Å². The highest BCUT2D eigenvalue weighted by Gasteiger charge is 2.06. The van der Waals surface area contributed by atoms with Crippen molar-refractivity contribution in [2.75, 3.05) is 19.6 Å². The molecular formula is C13H23IN4O2. The van der Waals surface area contributed by atoms with Crippen LogP contribution >= 0.6 is 24.0 Å². The molecule has 0 saturated carbocycles. The summed E-state index contributed by atoms with van der Waals surface area (Å²) in [4.78, 5) is 15.9. The highest BCUT2D eigenvalue weighted by Crippen LogP contribution is 1.98. The maximum Gasteiger partial charge on any atom is 0.287 e. The van der Waals surface area contributed by atoms with Gasteiger partial charge in [-0.25, -0.2) is 0 Å². The van der Waals surface area contributed by atoms with Gasteiger partial charge in [0.15, 0.2) is 11.7 Å². The molecule has 0 unspecified atom stereocenters. The number of carbonyl (C=O) groups excluding carboxylic acids is 1. The third-order valence-electron chi connectivity index (χ3n) is 2.18. The fourth-order valence-corrected chi connectivity index (χ4v) is 1.43. The Balaban J connectivity index is 0.00000361. The smallest absolute Gasteiger partial charge is 0.287 e. The minimum absolute atomic E-state index is 0. The monoisotopic (exact) mass is 394 g/mol. The zero-order valence-corrected chi connectivity index (χ0v) is 14.4. The average Bonchev–Trinajstić information content (AvgIpc) is 2.87. The van der Waals surface area contributed by atoms with E-state index in [0.29, 0.717) is 24.9 Å². The Labute approximate surface area is 136 Å². The van der Waals surface area contributed by atoms with E-state index in [1.807, 2.05) is 20.8 Å². The van der Waals surface area contributed by atoms with E-state index in [2.05, 4.69) is 20.9 Å². The molecule has 0 aliphatic heterocycles. The molecule has 0 aliphatic rings. The summed E-state index contributed by atoms with van der Waals surface area (Å²) in [6, 6.07) is 3.63. The molecule has 1 amide bonds. The molecule has 1 heterocycles. The molecule has 3 N–H and O–H groups in total. The maximum atomic E-state index is 11.6. The van der Waals surface area contributed by atoms with Crippen molar-refractivity contribution in [3.05, 3.63) is 24.2 Å². The zero-order chi connectivity index (χ0) is 14.1. The summed E-state index contributed by atoms with van der Waals surface area (Å²) in [6.45, 7) is 7.88. The lowest BCUT2D eigenvalue weighted by Crippen LogP contribution is -2.41. The number of amides is 1. The first-order valence-corrected chi connectivity index (χ1v) is 6.50. The number of rotatable bonds is 6. The predicted molar refractivity (Wildman–Crippen MR) is 90.7 cm³/mol. The molecule has 0 aliphatic carbocycles. The van der Waals surface area contributed by atoms with Gasteiger partial charge in [-0.3, -0.25) is 9.79 Å². The molecule has 1 aromatic rings. The number of hydrogen-bond acceptors (Lipinski definition) is 3. The lowest BCUT2D eigenvalue weighted by Gasteiger charge is -2.13. The van der Waals surface area contributed by atoms with E-state index in [4.69, 9.17) is 4.42 Å². The third kappa shape index (κ3) is 7.37. The van der Waals surface area contributed by atoms with Crippen LogP contribution in [0.25, 0.3) is 0 Å². The molecule has 1 rings (SSSR count). The summed E-state index contributed by atoms with van der Waals surface area (Å²) in [6.07, 6.45) is 1.48. The van der Waals surface area contributed by atoms with Crippen LogP contribution in [0.5, 0.6) is 0 Å². The molecule has 0 spiro atoms. The first-order valence-electron chi connectivity index (χ1n) is 6.50. The zero-order valence-electron chi connectivity index (χ0n) is 12.1. The van der Waals surface area contributed by atoms with E-state index >= 15 is 0 Å². The summed E-state index contributed by atoms with van der Waals surface area (Å²) in [5.74, 6) is 0.850. The molecule has 0 radical (unpaired) electrons. The second kappa shape index (κ2) is 10.5. The first-order chi connectivity index (χ1) is 9.13. The van der Waals surface area contributed by atoms with E-state index < -0.39 is 0 Å². The SMILES string of the molecule is CCNC(=NCCNC(=O)c1ccco1)NC(C)C.I. The summed E-state index contributed by atoms with van der Waals surface area (Å²) in [7, 11) is 0. The van der Waals surface area contributed by atoms with E-state index in [0.717, 1.165) is 12.5 Å². The molecule has 0 fully saturated rings. The normalized spacial score (nSPS) is 10.9. The molecule has 20 heavy (non-hydrogen) atoms. The molecule has 1 aromatic heterocycles. The second-order valence-corrected chi connectivity index (χ2v) is 4.29. The van der Waals surface area contributed by atoms with Gasteiger partial charge >= 0.3 is 0 Å². The number of aliphatic imine (C=N–C) groups is 1. The van der Waals surface area contributed by atoms with Gasteiger partial charge in [0.1, 0.15) is 0 Å². The maximum absolute atomic E-state index is 11.6. The Morgan fingerprint density at radius 3 is 2.70 bits per heavy atom. The third-order valence-corrected chi connectivity index (χ3v) is 2.18. The van der Waals surface area contributed by atoms with Gasteiger partial charge in [0, 0.05) is 19.1 Å². The number of nitrogens with zero attached hydrogens (tertiary/aromatic N) is 1. The topological polar surface area (TPSA) is 78.7 Å². The highest BCUT2D eigenvalue weighted by atomic mass is 127. The van der Waals surface area contributed by atoms with Crippen LogP contribution in [0.15, 0.2) is 27.8 Å². The van der Waals surface area contributed by atoms with Crippen LogP contribution in [0, 0.1) is 0 Å². The minimum Gasteiger partial charge on any atom is -0.459 e. The van der Waals surface area contributed by atoms with Crippen molar-refractivity contribution in [3.63, 3.8) is 0 Å². The van der Waals surface area contributed by atoms with Crippen molar-refractivity contribution in [1.29, 1.82) is 0 Å². The number of guanidine groups is 1. The lowest BCUT2D eigenvalue weighted by molar-refractivity contribution is 0.0927. The van der Waals surface area contributed by atoms with Crippen molar-refractivity contribution in [2.45, 2.75) is 26.8 Å². The Kier molecular flexibility index (Phi) is 9.87. The fraction of sp³-hybridized carbons (Fsp3) is 0.538. The summed E-state index contributed by atoms with van der Waals surface area (Å²) < 4.78 is 4.99. The van der Waals surface area contributed by atoms with Crippen LogP contribution in [0.2, 0.25) is 0 Å². The summed E-state index contributed by atoms with van der Waals surface area (Å²) >= 11 is 0. The number of carbonyl (C=O) groups is 1. The van der Waals surface area contributed by atoms with Crippen molar-refractivity contribution < 1.29 is 9.21 Å². The standard InChI is InChI=1S/C13H22N4O2.HI/c1-4-14-13(17-10(2)3)16-8-7-15-12(18)11-6-5-9-19-11;/h5-6,9-10H,4,7-8H2,1-3H3,(H,15,18)(H2,14,16,17);1H. The molecule has 114 valence electrons. The molecule has 0 aromatic carbocycles. The van der Waals surface area contributed by atoms with E-state index in [9.17, 15) is 4.79 Å².